The number of aliphatic hydroxyl groups excluding tert-OH is 1. The number of allylic oxidation sites excluding steroid dienone is 5. The van der Waals surface area contributed by atoms with Gasteiger partial charge < -0.3 is 107 Å². The summed E-state index contributed by atoms with van der Waals surface area (Å²) >= 11 is 0. The SMILES string of the molecule is CCCOCCOCCOCCOCCOCCOCCC.COCCCC(=O)O[C@@H]1CC[C@@H](C[C@@H](C)[C@@H]2C[C@H](N=[N+]=[N-])[C@H](C)/C=C(\C)[C@@H](O)[C@@H](OC)C(=O)[C@H](C)C[C@H](C)/C=C/C=C/C=C(\C)[C@@H](OC)C[C@@H]3CC[C@@H](C)[C@@](O)(O3)C(=O)C(=O)N3CCCC[C@H]3C(=O)O2)C[C@H]1OC.COCCOCCOCCC(=O)N1CCc2cc(Cn3nc(-c4cnc5[nH]ccc5c4)c4c(N)ncnc43)ccc2C1. The van der Waals surface area contributed by atoms with Crippen LogP contribution in [0.2, 0.25) is 0 Å². The van der Waals surface area contributed by atoms with Crippen LogP contribution in [-0.2, 0) is 124 Å². The summed E-state index contributed by atoms with van der Waals surface area (Å²) in [5.74, 6) is -7.46. The summed E-state index contributed by atoms with van der Waals surface area (Å²) in [6.45, 7) is 29.5. The second kappa shape index (κ2) is 62.4. The van der Waals surface area contributed by atoms with Gasteiger partial charge in [-0.3, -0.25) is 24.0 Å². The van der Waals surface area contributed by atoms with Crippen molar-refractivity contribution in [1.29, 1.82) is 0 Å². The van der Waals surface area contributed by atoms with Crippen LogP contribution in [0.4, 0.5) is 5.82 Å². The van der Waals surface area contributed by atoms with Crippen molar-refractivity contribution in [2.24, 2.45) is 40.6 Å². The summed E-state index contributed by atoms with van der Waals surface area (Å²) in [5, 5.41) is 34.5. The van der Waals surface area contributed by atoms with Crippen molar-refractivity contribution in [1.82, 2.24) is 39.5 Å². The van der Waals surface area contributed by atoms with E-state index >= 15 is 0 Å². The molecule has 0 unspecified atom stereocenters. The highest BCUT2D eigenvalue weighted by Gasteiger charge is 2.53. The normalized spacial score (nSPS) is 26.0. The zero-order valence-electron chi connectivity index (χ0n) is 84.0. The second-order valence-corrected chi connectivity index (χ2v) is 36.5. The van der Waals surface area contributed by atoms with Crippen molar-refractivity contribution in [3.05, 3.63) is 124 Å². The molecule has 2 amide bonds. The van der Waals surface area contributed by atoms with Gasteiger partial charge in [0, 0.05) is 134 Å². The van der Waals surface area contributed by atoms with Gasteiger partial charge in [-0.1, -0.05) is 108 Å². The number of pyridine rings is 1. The van der Waals surface area contributed by atoms with Crippen LogP contribution in [-0.4, -0.2) is 313 Å². The number of H-pyrrole nitrogens is 1. The van der Waals surface area contributed by atoms with E-state index in [0.717, 1.165) is 65.8 Å². The van der Waals surface area contributed by atoms with Gasteiger partial charge in [-0.15, -0.1) is 0 Å². The lowest BCUT2D eigenvalue weighted by Gasteiger charge is -2.43. The van der Waals surface area contributed by atoms with Crippen molar-refractivity contribution >= 4 is 63.2 Å². The molecule has 1 aromatic carbocycles. The number of aromatic nitrogens is 6. The number of nitrogens with one attached hydrogen (secondary N) is 1. The molecule has 5 N–H and O–H groups in total. The average Bonchev–Trinajstić information content (AvgIpc) is 1.55. The molecule has 4 aromatic heterocycles. The number of benzene rings is 1. The van der Waals surface area contributed by atoms with Crippen LogP contribution in [0.1, 0.15) is 188 Å². The third-order valence-electron chi connectivity index (χ3n) is 25.9. The molecule has 36 heteroatoms. The number of nitrogen functional groups attached to an aromatic ring is 1. The van der Waals surface area contributed by atoms with E-state index < -0.39 is 89.9 Å². The topological polar surface area (TPSA) is 444 Å². The molecule has 36 nitrogen and oxygen atoms in total. The molecule has 2 bridgehead atoms. The van der Waals surface area contributed by atoms with Crippen molar-refractivity contribution in [3.63, 3.8) is 0 Å². The Balaban J connectivity index is 0.000000302. The fourth-order valence-electron chi connectivity index (χ4n) is 18.0. The molecule has 5 aliphatic rings. The number of amides is 2. The smallest absolute Gasteiger partial charge is 0.329 e. The highest BCUT2D eigenvalue weighted by molar-refractivity contribution is 6.39. The first-order valence-electron chi connectivity index (χ1n) is 49.3. The van der Waals surface area contributed by atoms with Gasteiger partial charge in [-0.25, -0.2) is 24.4 Å². The molecule has 138 heavy (non-hydrogen) atoms. The van der Waals surface area contributed by atoms with E-state index in [1.165, 1.54) is 23.9 Å². The second-order valence-electron chi connectivity index (χ2n) is 36.5. The Bertz CT molecular complexity index is 4650. The number of nitrogens with zero attached hydrogens (tertiary/aromatic N) is 10. The Morgan fingerprint density at radius 2 is 1.37 bits per heavy atom. The van der Waals surface area contributed by atoms with Crippen LogP contribution in [0.3, 0.4) is 0 Å². The molecule has 16 atom stereocenters. The maximum Gasteiger partial charge on any atom is 0.329 e. The predicted molar refractivity (Wildman–Crippen MR) is 521 cm³/mol. The largest absolute Gasteiger partial charge is 0.461 e. The van der Waals surface area contributed by atoms with Crippen molar-refractivity contribution in [2.45, 2.75) is 252 Å². The maximum atomic E-state index is 14.7. The fraction of sp³-hybridized carbons (Fsp3) is 0.686. The Kier molecular flexibility index (Phi) is 51.7. The number of azide groups is 1. The highest BCUT2D eigenvalue weighted by atomic mass is 16.6. The average molecular weight is 1930 g/mol. The number of aromatic amines is 1. The third kappa shape index (κ3) is 36.6. The van der Waals surface area contributed by atoms with Gasteiger partial charge in [0.15, 0.2) is 11.4 Å². The maximum absolute atomic E-state index is 14.7. The van der Waals surface area contributed by atoms with Crippen molar-refractivity contribution in [3.8, 4) is 11.3 Å². The molecule has 5 aromatic rings. The highest BCUT2D eigenvalue weighted by Crippen LogP contribution is 2.40. The van der Waals surface area contributed by atoms with E-state index in [1.54, 1.807) is 54.6 Å². The monoisotopic (exact) mass is 1930 g/mol. The number of ether oxygens (including phenoxy) is 16. The molecule has 1 aliphatic carbocycles. The van der Waals surface area contributed by atoms with Gasteiger partial charge in [0.1, 0.15) is 53.9 Å². The summed E-state index contributed by atoms with van der Waals surface area (Å²) in [6, 6.07) is 8.44. The number of cyclic esters (lactones) is 1. The number of fused-ring (bicyclic) bond motifs is 6. The van der Waals surface area contributed by atoms with Gasteiger partial charge in [0.05, 0.1) is 136 Å². The minimum atomic E-state index is -2.45. The Hall–Kier alpha value is -8.89. The van der Waals surface area contributed by atoms with Gasteiger partial charge in [-0.05, 0) is 179 Å². The molecule has 0 radical (unpaired) electrons. The van der Waals surface area contributed by atoms with E-state index in [9.17, 15) is 44.5 Å². The number of hydrogen-bond donors (Lipinski definition) is 4. The van der Waals surface area contributed by atoms with Crippen LogP contribution in [0.5, 0.6) is 0 Å². The summed E-state index contributed by atoms with van der Waals surface area (Å²) < 4.78 is 90.8. The molecule has 1 saturated carbocycles. The zero-order chi connectivity index (χ0) is 99.7. The standard InChI is InChI=1S/C56H88N4O14.C30H34N8O4.C16H34O6/c1-34-18-13-12-14-19-35(2)46(69-9)32-42-24-22-40(7)56(67,74-42)53(64)54(65)60-26-16-15-20-44(60)55(66)73-47(37(4)30-41-23-25-45(48(31-41)70-10)72-49(61)21-17-27-68-8)33-43(58-59-57)36(3)29-39(6)51(63)52(71-11)50(62)38(5)28-34;1-40-10-11-42-13-12-41-9-6-25(39)37-8-5-21-14-20(2-3-23(21)18-37)17-38-30-26(28(31)34-19-35-30)27(36-38)24-15-22-4-7-32-29(22)33-16-24;1-3-5-17-7-9-19-11-13-21-15-16-22-14-12-20-10-8-18-6-4-2/h12-14,18-19,29,34,36-38,40-48,51-52,63,67H,15-17,20-28,30-33H2,1-11H3;2-4,7,14-16,19H,5-6,8-13,17-18H2,1H3,(H,32,33)(H2,31,34,35);3-16H2,1-2H3/b14-12+,18-13+,35-19+,39-29+;;/t34-,36-,37-,38-,40-,41+,42+,43+,44+,45-,46+,47+,48-,51-,52+,56-;;/m1../s1. The van der Waals surface area contributed by atoms with E-state index in [0.29, 0.717) is 231 Å². The summed E-state index contributed by atoms with van der Waals surface area (Å²) in [7, 11) is 7.77. The first-order chi connectivity index (χ1) is 66.7. The lowest BCUT2D eigenvalue weighted by Crippen LogP contribution is -2.61. The lowest BCUT2D eigenvalue weighted by molar-refractivity contribution is -0.265. The van der Waals surface area contributed by atoms with E-state index in [4.69, 9.17) is 86.6 Å². The van der Waals surface area contributed by atoms with Gasteiger partial charge >= 0.3 is 11.9 Å². The van der Waals surface area contributed by atoms with Crippen molar-refractivity contribution in [2.75, 3.05) is 173 Å². The predicted octanol–water partition coefficient (Wildman–Crippen LogP) is 13.1. The summed E-state index contributed by atoms with van der Waals surface area (Å²) in [4.78, 5) is 106. The van der Waals surface area contributed by atoms with Crippen LogP contribution < -0.4 is 5.73 Å². The molecule has 768 valence electrons. The Labute approximate surface area is 814 Å². The van der Waals surface area contributed by atoms with Crippen LogP contribution in [0, 0.1) is 35.5 Å². The molecule has 10 rings (SSSR count). The van der Waals surface area contributed by atoms with Crippen LogP contribution in [0.25, 0.3) is 43.8 Å². The molecular formula is C102H156N12O24. The summed E-state index contributed by atoms with van der Waals surface area (Å²) in [5.41, 5.74) is 24.1. The number of methoxy groups -OCH3 is 5. The number of anilines is 1. The molecule has 3 fully saturated rings. The van der Waals surface area contributed by atoms with Crippen LogP contribution in [0.15, 0.2) is 102 Å². The van der Waals surface area contributed by atoms with Crippen molar-refractivity contribution < 1.29 is 115 Å². The number of Topliss-reactive ketones (excluding diaryl/α,β-unsaturated/α-hetero) is 2. The third-order valence-corrected chi connectivity index (χ3v) is 25.9. The van der Waals surface area contributed by atoms with Gasteiger partial charge in [-0.2, -0.15) is 5.10 Å². The Morgan fingerprint density at radius 1 is 0.703 bits per heavy atom. The van der Waals surface area contributed by atoms with Gasteiger partial charge in [0.2, 0.25) is 11.7 Å². The number of hydrogen-bond acceptors (Lipinski definition) is 30. The minimum absolute atomic E-state index is 0.00389. The minimum Gasteiger partial charge on any atom is -0.461 e. The van der Waals surface area contributed by atoms with E-state index in [1.807, 2.05) is 92.9 Å². The molecular weight excluding hydrogens is 1780 g/mol. The first kappa shape index (κ1) is 114. The lowest BCUT2D eigenvalue weighted by atomic mass is 9.78. The molecule has 0 spiro atoms. The number of aliphatic hydroxyl groups is 2. The van der Waals surface area contributed by atoms with Crippen LogP contribution >= 0.6 is 0 Å². The number of ketones is 2. The fourth-order valence-corrected chi connectivity index (χ4v) is 18.0. The molecule has 2 saturated heterocycles. The van der Waals surface area contributed by atoms with E-state index in [-0.39, 0.29) is 67.3 Å². The number of carbonyl (C=O) groups excluding carboxylic acids is 6. The zero-order valence-corrected chi connectivity index (χ0v) is 84.0. The number of nitrogens with two attached hydrogens (primary N) is 1. The first-order valence-corrected chi connectivity index (χ1v) is 49.3. The molecule has 8 heterocycles. The van der Waals surface area contributed by atoms with E-state index in [2.05, 4.69) is 62.0 Å². The number of carbonyl (C=O) groups is 6. The Morgan fingerprint density at radius 3 is 2.01 bits per heavy atom. The number of esters is 2. The number of piperidine rings is 1. The molecule has 4 aliphatic heterocycles. The summed E-state index contributed by atoms with van der Waals surface area (Å²) in [6.07, 6.45) is 20.6. The van der Waals surface area contributed by atoms with Gasteiger partial charge in [0.25, 0.3) is 11.7 Å². The quantitative estimate of drug-likeness (QED) is 0.00535. The number of rotatable bonds is 43.